The minimum absolute atomic E-state index is 0. The zero-order chi connectivity index (χ0) is 30.7. The van der Waals surface area contributed by atoms with Crippen molar-refractivity contribution in [1.29, 1.82) is 0 Å². The molecule has 2 aromatic heterocycles. The standard InChI is InChI=1S/C6H16N3O2P3.4C2H6.2CH2N3OP3.2Rf/c1-10-13(5)7-12(3,4)8-14(6,9-13)11-2;4*1-2;2*1-5-8-3-6-2-7-4-8;;/h1-2H2,3-6H3;4*1-2H3;2*1H2;;/q-2;;;;;;;;. The van der Waals surface area contributed by atoms with E-state index >= 15 is 0 Å². The molecule has 13 nitrogen and oxygen atoms in total. The van der Waals surface area contributed by atoms with Gasteiger partial charge in [-0.2, -0.15) is 18.7 Å². The Morgan fingerprint density at radius 1 is 0.500 bits per heavy atom. The molecule has 1 aliphatic heterocycles. The summed E-state index contributed by atoms with van der Waals surface area (Å²) in [7, 11) is 8.28. The van der Waals surface area contributed by atoms with Crippen molar-refractivity contribution in [3.8, 4) is 0 Å². The monoisotopic (exact) mass is 1240 g/mol. The maximum Gasteiger partial charge on any atom is 0.348 e. The third kappa shape index (κ3) is 26.1. The molecule has 0 saturated heterocycles. The van der Waals surface area contributed by atoms with Gasteiger partial charge in [-0.15, -0.1) is 0 Å². The van der Waals surface area contributed by atoms with Crippen molar-refractivity contribution >= 4 is 72.3 Å². The zero-order valence-corrected chi connectivity index (χ0v) is 46.8. The van der Waals surface area contributed by atoms with Gasteiger partial charge in [-0.1, -0.05) is 55.4 Å². The van der Waals surface area contributed by atoms with Crippen molar-refractivity contribution < 1.29 is 18.1 Å². The van der Waals surface area contributed by atoms with Gasteiger partial charge in [0.2, 0.25) is 0 Å². The molecule has 0 N–H and O–H groups in total. The van der Waals surface area contributed by atoms with Crippen LogP contribution in [0.25, 0.3) is 0 Å². The van der Waals surface area contributed by atoms with Crippen molar-refractivity contribution in [2.45, 2.75) is 55.4 Å². The summed E-state index contributed by atoms with van der Waals surface area (Å²) in [6.45, 7) is 23.8. The van der Waals surface area contributed by atoms with E-state index in [0.29, 0.717) is 34.0 Å². The first-order valence-electron chi connectivity index (χ1n) is 11.3. The summed E-state index contributed by atoms with van der Waals surface area (Å²) in [6.07, 6.45) is 0. The van der Waals surface area contributed by atoms with E-state index < -0.39 is 38.2 Å². The van der Waals surface area contributed by atoms with Crippen LogP contribution in [0.1, 0.15) is 55.4 Å². The molecule has 0 aliphatic carbocycles. The fourth-order valence-electron chi connectivity index (χ4n) is 1.66. The van der Waals surface area contributed by atoms with Crippen LogP contribution in [0.3, 0.4) is 0 Å². The van der Waals surface area contributed by atoms with Crippen molar-refractivity contribution in [2.24, 2.45) is 13.5 Å². The summed E-state index contributed by atoms with van der Waals surface area (Å²) in [4.78, 5) is 0. The molecule has 0 fully saturated rings. The average Bonchev–Trinajstić information content (AvgIpc) is 2.97. The van der Waals surface area contributed by atoms with Gasteiger partial charge in [0.25, 0.3) is 0 Å². The van der Waals surface area contributed by atoms with Crippen LogP contribution in [0.4, 0.5) is 0 Å². The van der Waals surface area contributed by atoms with Crippen LogP contribution in [0.15, 0.2) is 13.5 Å². The maximum absolute atomic E-state index is 5.13. The molecule has 3 heterocycles. The first-order chi connectivity index (χ1) is 18.1. The molecule has 3 rings (SSSR count). The molecular formula is C16H44N9O4P9Rf2-2. The number of rotatable bonds is 4. The molecule has 2 unspecified atom stereocenters. The van der Waals surface area contributed by atoms with Gasteiger partial charge in [0.15, 0.2) is 14.9 Å². The number of nitrogens with zero attached hydrogens (tertiary/aromatic N) is 9. The van der Waals surface area contributed by atoms with Gasteiger partial charge < -0.3 is 18.1 Å². The van der Waals surface area contributed by atoms with Crippen molar-refractivity contribution in [3.63, 3.8) is 0 Å². The molecular weight excluding hydrogens is 1200 g/mol. The first-order valence-corrected chi connectivity index (χ1v) is 23.5. The minimum atomic E-state index is -2.13. The Balaban J connectivity index is -0.0000000972. The Morgan fingerprint density at radius 3 is 1.00 bits per heavy atom. The molecule has 228 valence electrons. The summed E-state index contributed by atoms with van der Waals surface area (Å²) in [5.74, 6) is 0. The van der Waals surface area contributed by atoms with Crippen LogP contribution in [0.5, 0.6) is 0 Å². The normalized spacial score (nSPS) is 20.2. The third-order valence-electron chi connectivity index (χ3n) is 2.45. The summed E-state index contributed by atoms with van der Waals surface area (Å²) < 4.78 is 56.0. The topological polar surface area (TPSA) is 151 Å². The van der Waals surface area contributed by atoms with Crippen molar-refractivity contribution in [1.82, 2.24) is 27.1 Å². The summed E-state index contributed by atoms with van der Waals surface area (Å²) in [5, 5.41) is 0. The SMILES string of the molecule is CC.CC.CC.CC.[CH2-]OP1(C)=NP(C)(C)=NP(C)(O[CH2-])=N1.[CH2-]O[p+]1npnpn1.[CH2-]O[p+]1npnpn1.[Rf].[Rf]. The molecule has 24 heteroatoms. The van der Waals surface area contributed by atoms with Crippen LogP contribution in [-0.4, -0.2) is 53.7 Å². The molecule has 0 radical (unpaired) electrons. The van der Waals surface area contributed by atoms with Gasteiger partial charge in [-0.25, -0.2) is 23.3 Å². The quantitative estimate of drug-likeness (QED) is 0.214. The largest absolute Gasteiger partial charge is 0.508 e. The van der Waals surface area contributed by atoms with Crippen LogP contribution in [0.2, 0.25) is 0 Å². The molecule has 0 aromatic carbocycles. The second kappa shape index (κ2) is 32.6. The van der Waals surface area contributed by atoms with Crippen LogP contribution >= 0.6 is 72.3 Å². The van der Waals surface area contributed by atoms with Crippen molar-refractivity contribution in [3.05, 3.63) is 28.4 Å². The molecule has 2 atom stereocenters. The molecule has 40 heavy (non-hydrogen) atoms. The predicted octanol–water partition coefficient (Wildman–Crippen LogP) is 11.5. The average molecular weight is 1240 g/mol. The minimum Gasteiger partial charge on any atom is -0.508 e. The van der Waals surface area contributed by atoms with Crippen LogP contribution in [0, 0.1) is 28.4 Å². The Kier molecular flexibility index (Phi) is 42.3. The molecule has 1 aliphatic rings. The van der Waals surface area contributed by atoms with Gasteiger partial charge in [0.05, 0.1) is 7.21 Å². The Labute approximate surface area is 240 Å². The summed E-state index contributed by atoms with van der Waals surface area (Å²) in [5.41, 5.74) is 0. The first kappa shape index (κ1) is 51.8. The van der Waals surface area contributed by atoms with Gasteiger partial charge >= 0.3 is 50.2 Å². The van der Waals surface area contributed by atoms with E-state index in [4.69, 9.17) is 9.05 Å². The fourth-order valence-corrected chi connectivity index (χ4v) is 17.8. The van der Waals surface area contributed by atoms with E-state index in [1.165, 1.54) is 0 Å². The zero-order valence-electron chi connectivity index (χ0n) is 25.9. The van der Waals surface area contributed by atoms with E-state index in [0.717, 1.165) is 0 Å². The number of aromatic nitrogens is 6. The van der Waals surface area contributed by atoms with Gasteiger partial charge in [-0.3, -0.25) is 0 Å². The van der Waals surface area contributed by atoms with E-state index in [-0.39, 0.29) is 0 Å². The van der Waals surface area contributed by atoms with Crippen LogP contribution in [-0.2, 0) is 9.05 Å². The Hall–Kier alpha value is -0.870. The molecule has 0 saturated carbocycles. The van der Waals surface area contributed by atoms with E-state index in [9.17, 15) is 0 Å². The Morgan fingerprint density at radius 2 is 0.775 bits per heavy atom. The second-order valence-corrected chi connectivity index (χ2v) is 20.4. The summed E-state index contributed by atoms with van der Waals surface area (Å²) >= 11 is 0. The maximum atomic E-state index is 5.13. The van der Waals surface area contributed by atoms with Gasteiger partial charge in [0, 0.05) is 13.3 Å². The summed E-state index contributed by atoms with van der Waals surface area (Å²) in [6, 6.07) is 0. The van der Waals surface area contributed by atoms with E-state index in [1.54, 1.807) is 0 Å². The smallest absolute Gasteiger partial charge is 0.348 e. The number of hydrogen-bond donors (Lipinski definition) is 0. The third-order valence-corrected chi connectivity index (χ3v) is 17.7. The molecule has 0 amide bonds. The molecule has 0 bridgehead atoms. The Bertz CT molecular complexity index is 918. The fraction of sp³-hybridized carbons (Fsp3) is 0.750. The molecule has 0 spiro atoms. The van der Waals surface area contributed by atoms with Crippen molar-refractivity contribution in [2.75, 3.05) is 26.7 Å². The van der Waals surface area contributed by atoms with Gasteiger partial charge in [0.1, 0.15) is 0 Å². The van der Waals surface area contributed by atoms with Gasteiger partial charge in [-0.05, 0) is 40.4 Å². The van der Waals surface area contributed by atoms with E-state index in [2.05, 4.69) is 78.1 Å². The predicted molar refractivity (Wildman–Crippen MR) is 178 cm³/mol. The molecule has 2 aromatic rings. The number of hydrogen-bond acceptors (Lipinski definition) is 13. The second-order valence-electron chi connectivity index (χ2n) is 5.19. The van der Waals surface area contributed by atoms with E-state index in [1.807, 2.05) is 82.0 Å². The van der Waals surface area contributed by atoms with Crippen LogP contribution < -0.4 is 9.05 Å².